The molecular formula is C13H14ClN5O2. The van der Waals surface area contributed by atoms with Gasteiger partial charge in [-0.15, -0.1) is 0 Å². The lowest BCUT2D eigenvalue weighted by Crippen LogP contribution is -2.07. The van der Waals surface area contributed by atoms with Crippen LogP contribution < -0.4 is 10.6 Å². The monoisotopic (exact) mass is 307 g/mol. The number of aromatic nitrogens is 2. The third-order valence-corrected chi connectivity index (χ3v) is 3.23. The van der Waals surface area contributed by atoms with Crippen molar-refractivity contribution in [1.82, 2.24) is 9.97 Å². The molecule has 0 atom stereocenters. The Labute approximate surface area is 126 Å². The van der Waals surface area contributed by atoms with Gasteiger partial charge >= 0.3 is 5.69 Å². The first kappa shape index (κ1) is 15.0. The molecule has 1 aromatic heterocycles. The van der Waals surface area contributed by atoms with E-state index in [1.54, 1.807) is 18.2 Å². The molecule has 0 bridgehead atoms. The lowest BCUT2D eigenvalue weighted by Gasteiger charge is -2.11. The van der Waals surface area contributed by atoms with Crippen molar-refractivity contribution in [2.45, 2.75) is 13.8 Å². The normalized spacial score (nSPS) is 10.2. The largest absolute Gasteiger partial charge is 0.354 e. The first-order valence-corrected chi connectivity index (χ1v) is 6.68. The maximum atomic E-state index is 11.1. The van der Waals surface area contributed by atoms with Crippen LogP contribution in [0.2, 0.25) is 5.02 Å². The highest BCUT2D eigenvalue weighted by Gasteiger charge is 2.18. The summed E-state index contributed by atoms with van der Waals surface area (Å²) in [6.07, 6.45) is 1.17. The van der Waals surface area contributed by atoms with Gasteiger partial charge in [0.1, 0.15) is 6.20 Å². The molecule has 0 aliphatic carbocycles. The molecule has 1 aromatic carbocycles. The minimum absolute atomic E-state index is 0.122. The molecule has 2 rings (SSSR count). The summed E-state index contributed by atoms with van der Waals surface area (Å²) in [5, 5.41) is 17.5. The van der Waals surface area contributed by atoms with E-state index >= 15 is 0 Å². The van der Waals surface area contributed by atoms with E-state index in [4.69, 9.17) is 11.6 Å². The summed E-state index contributed by atoms with van der Waals surface area (Å²) in [4.78, 5) is 18.6. The van der Waals surface area contributed by atoms with E-state index in [9.17, 15) is 10.1 Å². The number of hydrogen-bond donors (Lipinski definition) is 2. The number of nitrogens with zero attached hydrogens (tertiary/aromatic N) is 3. The number of rotatable bonds is 5. The van der Waals surface area contributed by atoms with Gasteiger partial charge in [0, 0.05) is 17.3 Å². The molecule has 21 heavy (non-hydrogen) atoms. The minimum Gasteiger partial charge on any atom is -0.354 e. The highest BCUT2D eigenvalue weighted by Crippen LogP contribution is 2.29. The Morgan fingerprint density at radius 2 is 2.19 bits per heavy atom. The molecule has 0 aliphatic rings. The molecule has 0 spiro atoms. The average Bonchev–Trinajstić information content (AvgIpc) is 2.44. The molecule has 2 N–H and O–H groups in total. The van der Waals surface area contributed by atoms with Crippen molar-refractivity contribution >= 4 is 34.7 Å². The highest BCUT2D eigenvalue weighted by molar-refractivity contribution is 6.31. The van der Waals surface area contributed by atoms with Gasteiger partial charge in [0.2, 0.25) is 11.8 Å². The number of nitro groups is 1. The standard InChI is InChI=1S/C13H14ClN5O2/c1-3-15-13-16-7-11(19(20)21)12(18-13)17-10-6-4-5-9(14)8(10)2/h4-7H,3H2,1-2H3,(H2,15,16,17,18). The summed E-state index contributed by atoms with van der Waals surface area (Å²) < 4.78 is 0. The van der Waals surface area contributed by atoms with Crippen LogP contribution in [0.25, 0.3) is 0 Å². The molecule has 0 amide bonds. The van der Waals surface area contributed by atoms with Crippen LogP contribution in [0.3, 0.4) is 0 Å². The van der Waals surface area contributed by atoms with Crippen LogP contribution in [0.15, 0.2) is 24.4 Å². The third-order valence-electron chi connectivity index (χ3n) is 2.82. The molecule has 1 heterocycles. The Morgan fingerprint density at radius 1 is 1.43 bits per heavy atom. The molecule has 7 nitrogen and oxygen atoms in total. The fourth-order valence-electron chi connectivity index (χ4n) is 1.71. The molecule has 0 saturated carbocycles. The quantitative estimate of drug-likeness (QED) is 0.648. The van der Waals surface area contributed by atoms with Crippen LogP contribution in [0, 0.1) is 17.0 Å². The van der Waals surface area contributed by atoms with E-state index in [1.165, 1.54) is 6.20 Å². The molecule has 0 radical (unpaired) electrons. The molecule has 0 fully saturated rings. The van der Waals surface area contributed by atoms with Gasteiger partial charge < -0.3 is 10.6 Å². The maximum absolute atomic E-state index is 11.1. The van der Waals surface area contributed by atoms with Crippen LogP contribution in [0.4, 0.5) is 23.1 Å². The van der Waals surface area contributed by atoms with E-state index in [1.807, 2.05) is 13.8 Å². The molecule has 0 saturated heterocycles. The van der Waals surface area contributed by atoms with Crippen LogP contribution in [0.5, 0.6) is 0 Å². The van der Waals surface area contributed by atoms with Crippen LogP contribution >= 0.6 is 11.6 Å². The van der Waals surface area contributed by atoms with Crippen molar-refractivity contribution in [2.24, 2.45) is 0 Å². The molecule has 0 unspecified atom stereocenters. The second-order valence-corrected chi connectivity index (χ2v) is 4.66. The Hall–Kier alpha value is -2.41. The lowest BCUT2D eigenvalue weighted by molar-refractivity contribution is -0.384. The first-order chi connectivity index (χ1) is 10.0. The van der Waals surface area contributed by atoms with Gasteiger partial charge in [-0.05, 0) is 31.5 Å². The topological polar surface area (TPSA) is 93.0 Å². The highest BCUT2D eigenvalue weighted by atomic mass is 35.5. The Bertz CT molecular complexity index is 678. The van der Waals surface area contributed by atoms with Gasteiger partial charge in [-0.3, -0.25) is 10.1 Å². The van der Waals surface area contributed by atoms with Crippen molar-refractivity contribution in [1.29, 1.82) is 0 Å². The predicted octanol–water partition coefficient (Wildman–Crippen LogP) is 3.52. The predicted molar refractivity (Wildman–Crippen MR) is 82.3 cm³/mol. The van der Waals surface area contributed by atoms with Crippen molar-refractivity contribution in [3.05, 3.63) is 45.1 Å². The first-order valence-electron chi connectivity index (χ1n) is 6.30. The van der Waals surface area contributed by atoms with Gasteiger partial charge in [-0.2, -0.15) is 4.98 Å². The Morgan fingerprint density at radius 3 is 2.86 bits per heavy atom. The SMILES string of the molecule is CCNc1ncc([N+](=O)[O-])c(Nc2cccc(Cl)c2C)n1. The molecular weight excluding hydrogens is 294 g/mol. The van der Waals surface area contributed by atoms with Crippen LogP contribution in [-0.2, 0) is 0 Å². The minimum atomic E-state index is -0.530. The van der Waals surface area contributed by atoms with Crippen molar-refractivity contribution in [3.63, 3.8) is 0 Å². The van der Waals surface area contributed by atoms with Crippen LogP contribution in [-0.4, -0.2) is 21.4 Å². The maximum Gasteiger partial charge on any atom is 0.329 e. The van der Waals surface area contributed by atoms with Crippen molar-refractivity contribution in [2.75, 3.05) is 17.2 Å². The van der Waals surface area contributed by atoms with Crippen molar-refractivity contribution in [3.8, 4) is 0 Å². The number of anilines is 3. The number of halogens is 1. The fraction of sp³-hybridized carbons (Fsp3) is 0.231. The summed E-state index contributed by atoms with van der Waals surface area (Å²) in [7, 11) is 0. The van der Waals surface area contributed by atoms with Gasteiger partial charge in [0.05, 0.1) is 4.92 Å². The van der Waals surface area contributed by atoms with Gasteiger partial charge in [-0.25, -0.2) is 4.98 Å². The van der Waals surface area contributed by atoms with E-state index in [2.05, 4.69) is 20.6 Å². The Balaban J connectivity index is 2.43. The molecule has 8 heteroatoms. The molecule has 110 valence electrons. The third kappa shape index (κ3) is 3.38. The summed E-state index contributed by atoms with van der Waals surface area (Å²) in [5.41, 5.74) is 1.25. The zero-order valence-electron chi connectivity index (χ0n) is 11.6. The smallest absolute Gasteiger partial charge is 0.329 e. The zero-order chi connectivity index (χ0) is 15.4. The zero-order valence-corrected chi connectivity index (χ0v) is 12.3. The van der Waals surface area contributed by atoms with E-state index in [-0.39, 0.29) is 11.5 Å². The van der Waals surface area contributed by atoms with Gasteiger partial charge in [-0.1, -0.05) is 17.7 Å². The number of nitrogens with one attached hydrogen (secondary N) is 2. The van der Waals surface area contributed by atoms with Gasteiger partial charge in [0.25, 0.3) is 0 Å². The Kier molecular flexibility index (Phi) is 4.54. The number of benzene rings is 1. The molecule has 0 aliphatic heterocycles. The second-order valence-electron chi connectivity index (χ2n) is 4.25. The van der Waals surface area contributed by atoms with E-state index in [0.717, 1.165) is 5.56 Å². The van der Waals surface area contributed by atoms with E-state index < -0.39 is 4.92 Å². The van der Waals surface area contributed by atoms with Crippen molar-refractivity contribution < 1.29 is 4.92 Å². The number of hydrogen-bond acceptors (Lipinski definition) is 6. The summed E-state index contributed by atoms with van der Waals surface area (Å²) >= 11 is 6.04. The second kappa shape index (κ2) is 6.36. The summed E-state index contributed by atoms with van der Waals surface area (Å²) in [6.45, 7) is 4.33. The fourth-order valence-corrected chi connectivity index (χ4v) is 1.89. The molecule has 2 aromatic rings. The summed E-state index contributed by atoms with van der Waals surface area (Å²) in [5.74, 6) is 0.446. The summed E-state index contributed by atoms with van der Waals surface area (Å²) in [6, 6.07) is 5.29. The van der Waals surface area contributed by atoms with Gasteiger partial charge in [0.15, 0.2) is 0 Å². The van der Waals surface area contributed by atoms with E-state index in [0.29, 0.717) is 23.2 Å². The lowest BCUT2D eigenvalue weighted by atomic mass is 10.2. The van der Waals surface area contributed by atoms with Crippen LogP contribution in [0.1, 0.15) is 12.5 Å². The average molecular weight is 308 g/mol.